The molecule has 5 rings (SSSR count). The first-order chi connectivity index (χ1) is 16.0. The summed E-state index contributed by atoms with van der Waals surface area (Å²) in [7, 11) is -3.34. The summed E-state index contributed by atoms with van der Waals surface area (Å²) < 4.78 is 29.4. The number of aromatic nitrogens is 1. The van der Waals surface area contributed by atoms with Gasteiger partial charge in [-0.1, -0.05) is 66.7 Å². The Morgan fingerprint density at radius 1 is 0.727 bits per heavy atom. The van der Waals surface area contributed by atoms with Crippen LogP contribution in [-0.4, -0.2) is 66.1 Å². The number of aliphatic hydroxyl groups excluding tert-OH is 1. The Labute approximate surface area is 194 Å². The van der Waals surface area contributed by atoms with E-state index < -0.39 is 16.1 Å². The van der Waals surface area contributed by atoms with E-state index in [0.717, 1.165) is 16.6 Å². The van der Waals surface area contributed by atoms with Crippen molar-refractivity contribution in [3.05, 3.63) is 84.4 Å². The van der Waals surface area contributed by atoms with Crippen LogP contribution in [0.3, 0.4) is 0 Å². The number of fused-ring (bicyclic) bond motifs is 3. The van der Waals surface area contributed by atoms with E-state index in [2.05, 4.69) is 33.7 Å². The molecule has 0 bridgehead atoms. The fourth-order valence-electron chi connectivity index (χ4n) is 4.83. The first kappa shape index (κ1) is 22.1. The highest BCUT2D eigenvalue weighted by atomic mass is 32.2. The van der Waals surface area contributed by atoms with Gasteiger partial charge in [-0.05, 0) is 17.7 Å². The number of hydrogen-bond donors (Lipinski definition) is 1. The lowest BCUT2D eigenvalue weighted by atomic mass is 10.2. The molecule has 1 aliphatic rings. The monoisotopic (exact) mass is 463 g/mol. The normalized spacial score (nSPS) is 17.0. The molecule has 2 heterocycles. The summed E-state index contributed by atoms with van der Waals surface area (Å²) in [4.78, 5) is 2.16. The Kier molecular flexibility index (Phi) is 6.21. The number of piperazine rings is 1. The van der Waals surface area contributed by atoms with Gasteiger partial charge in [0.25, 0.3) is 0 Å². The van der Waals surface area contributed by atoms with Gasteiger partial charge in [0, 0.05) is 54.5 Å². The molecule has 33 heavy (non-hydrogen) atoms. The van der Waals surface area contributed by atoms with Crippen molar-refractivity contribution in [2.24, 2.45) is 0 Å². The van der Waals surface area contributed by atoms with E-state index >= 15 is 0 Å². The van der Waals surface area contributed by atoms with Gasteiger partial charge >= 0.3 is 0 Å². The zero-order valence-corrected chi connectivity index (χ0v) is 19.4. The number of benzene rings is 3. The van der Waals surface area contributed by atoms with Crippen LogP contribution in [0.25, 0.3) is 21.8 Å². The second-order valence-corrected chi connectivity index (χ2v) is 10.7. The average molecular weight is 464 g/mol. The van der Waals surface area contributed by atoms with Gasteiger partial charge in [0.15, 0.2) is 0 Å². The van der Waals surface area contributed by atoms with Crippen molar-refractivity contribution in [3.63, 3.8) is 0 Å². The highest BCUT2D eigenvalue weighted by Gasteiger charge is 2.28. The fraction of sp³-hybridized carbons (Fsp3) is 0.308. The maximum atomic E-state index is 12.8. The topological polar surface area (TPSA) is 65.8 Å². The highest BCUT2D eigenvalue weighted by Crippen LogP contribution is 2.29. The van der Waals surface area contributed by atoms with Crippen molar-refractivity contribution in [2.75, 3.05) is 32.7 Å². The minimum atomic E-state index is -3.34. The quantitative estimate of drug-likeness (QED) is 0.457. The van der Waals surface area contributed by atoms with E-state index in [4.69, 9.17) is 0 Å². The summed E-state index contributed by atoms with van der Waals surface area (Å²) in [5.41, 5.74) is 3.05. The Morgan fingerprint density at radius 3 is 1.88 bits per heavy atom. The molecule has 0 spiro atoms. The van der Waals surface area contributed by atoms with Crippen molar-refractivity contribution < 1.29 is 13.5 Å². The third kappa shape index (κ3) is 4.68. The van der Waals surface area contributed by atoms with Crippen molar-refractivity contribution >= 4 is 31.8 Å². The van der Waals surface area contributed by atoms with Gasteiger partial charge in [-0.3, -0.25) is 4.90 Å². The van der Waals surface area contributed by atoms with Crippen LogP contribution in [0, 0.1) is 0 Å². The van der Waals surface area contributed by atoms with Gasteiger partial charge < -0.3 is 9.67 Å². The summed E-state index contributed by atoms with van der Waals surface area (Å²) >= 11 is 0. The van der Waals surface area contributed by atoms with Crippen molar-refractivity contribution in [1.82, 2.24) is 13.8 Å². The number of aliphatic hydroxyl groups is 1. The van der Waals surface area contributed by atoms with Crippen molar-refractivity contribution in [2.45, 2.75) is 18.4 Å². The lowest BCUT2D eigenvalue weighted by Gasteiger charge is -2.35. The minimum absolute atomic E-state index is 0.0320. The van der Waals surface area contributed by atoms with Gasteiger partial charge in [-0.25, -0.2) is 8.42 Å². The molecule has 0 saturated carbocycles. The summed E-state index contributed by atoms with van der Waals surface area (Å²) in [5.74, 6) is 0.0320. The Balaban J connectivity index is 1.22. The molecule has 1 aromatic heterocycles. The standard InChI is InChI=1S/C26H29N3O3S/c30-22(19-29-25-12-6-4-10-23(25)24-11-5-7-13-26(24)29)18-27-14-16-28(17-15-27)33(31,32)20-21-8-2-1-3-9-21/h1-13,22,30H,14-20H2. The number of hydrogen-bond acceptors (Lipinski definition) is 4. The van der Waals surface area contributed by atoms with Gasteiger partial charge in [-0.2, -0.15) is 4.31 Å². The first-order valence-electron chi connectivity index (χ1n) is 11.4. The summed E-state index contributed by atoms with van der Waals surface area (Å²) in [6.45, 7) is 3.18. The lowest BCUT2D eigenvalue weighted by molar-refractivity contribution is 0.0823. The van der Waals surface area contributed by atoms with Gasteiger partial charge in [0.1, 0.15) is 0 Å². The molecule has 172 valence electrons. The molecular weight excluding hydrogens is 434 g/mol. The molecule has 3 aromatic carbocycles. The second-order valence-electron chi connectivity index (χ2n) is 8.74. The van der Waals surface area contributed by atoms with Crippen LogP contribution < -0.4 is 0 Å². The molecule has 0 radical (unpaired) electrons. The third-order valence-electron chi connectivity index (χ3n) is 6.46. The molecule has 1 unspecified atom stereocenters. The number of nitrogens with zero attached hydrogens (tertiary/aromatic N) is 3. The Bertz CT molecular complexity index is 1290. The average Bonchev–Trinajstić information content (AvgIpc) is 3.14. The molecule has 7 heteroatoms. The Morgan fingerprint density at radius 2 is 1.27 bits per heavy atom. The maximum absolute atomic E-state index is 12.8. The number of rotatable bonds is 7. The highest BCUT2D eigenvalue weighted by molar-refractivity contribution is 7.88. The molecule has 0 amide bonds. The maximum Gasteiger partial charge on any atom is 0.218 e. The first-order valence-corrected chi connectivity index (χ1v) is 13.0. The van der Waals surface area contributed by atoms with Crippen LogP contribution in [0.1, 0.15) is 5.56 Å². The molecule has 1 aliphatic heterocycles. The van der Waals surface area contributed by atoms with Crippen molar-refractivity contribution in [1.29, 1.82) is 0 Å². The molecule has 4 aromatic rings. The SMILES string of the molecule is O=S(=O)(Cc1ccccc1)N1CCN(CC(O)Cn2c3ccccc3c3ccccc32)CC1. The van der Waals surface area contributed by atoms with Crippen LogP contribution in [0.5, 0.6) is 0 Å². The van der Waals surface area contributed by atoms with Gasteiger partial charge in [-0.15, -0.1) is 0 Å². The molecule has 6 nitrogen and oxygen atoms in total. The van der Waals surface area contributed by atoms with Crippen LogP contribution >= 0.6 is 0 Å². The molecule has 0 aliphatic carbocycles. The fourth-order valence-corrected chi connectivity index (χ4v) is 6.35. The minimum Gasteiger partial charge on any atom is -0.390 e. The van der Waals surface area contributed by atoms with E-state index in [1.807, 2.05) is 54.6 Å². The van der Waals surface area contributed by atoms with Crippen LogP contribution in [0.4, 0.5) is 0 Å². The number of para-hydroxylation sites is 2. The van der Waals surface area contributed by atoms with E-state index in [0.29, 0.717) is 39.3 Å². The van der Waals surface area contributed by atoms with E-state index in [1.54, 1.807) is 4.31 Å². The number of β-amino-alcohol motifs (C(OH)–C–C–N with tert-alkyl or cyclic N) is 1. The second kappa shape index (κ2) is 9.27. The van der Waals surface area contributed by atoms with Gasteiger partial charge in [0.05, 0.1) is 18.4 Å². The summed E-state index contributed by atoms with van der Waals surface area (Å²) in [5, 5.41) is 13.3. The smallest absolute Gasteiger partial charge is 0.218 e. The molecule has 1 fully saturated rings. The van der Waals surface area contributed by atoms with Crippen LogP contribution in [-0.2, 0) is 22.3 Å². The third-order valence-corrected chi connectivity index (χ3v) is 8.31. The van der Waals surface area contributed by atoms with E-state index in [1.165, 1.54) is 10.8 Å². The number of sulfonamides is 1. The predicted octanol–water partition coefficient (Wildman–Crippen LogP) is 3.30. The zero-order valence-electron chi connectivity index (χ0n) is 18.5. The van der Waals surface area contributed by atoms with E-state index in [9.17, 15) is 13.5 Å². The Hall–Kier alpha value is -2.71. The zero-order chi connectivity index (χ0) is 22.8. The lowest BCUT2D eigenvalue weighted by Crippen LogP contribution is -2.50. The van der Waals surface area contributed by atoms with E-state index in [-0.39, 0.29) is 5.75 Å². The molecular formula is C26H29N3O3S. The van der Waals surface area contributed by atoms with Gasteiger partial charge in [0.2, 0.25) is 10.0 Å². The molecule has 1 saturated heterocycles. The van der Waals surface area contributed by atoms with Crippen molar-refractivity contribution in [3.8, 4) is 0 Å². The van der Waals surface area contributed by atoms with Crippen LogP contribution in [0.15, 0.2) is 78.9 Å². The van der Waals surface area contributed by atoms with Crippen LogP contribution in [0.2, 0.25) is 0 Å². The largest absolute Gasteiger partial charge is 0.390 e. The summed E-state index contributed by atoms with van der Waals surface area (Å²) in [6.07, 6.45) is -0.545. The summed E-state index contributed by atoms with van der Waals surface area (Å²) in [6, 6.07) is 25.9. The molecule has 1 N–H and O–H groups in total. The predicted molar refractivity (Wildman–Crippen MR) is 133 cm³/mol. The molecule has 1 atom stereocenters.